The van der Waals surface area contributed by atoms with Crippen molar-refractivity contribution < 1.29 is 18.5 Å². The molecule has 0 saturated carbocycles. The maximum Gasteiger partial charge on any atom is 0.451 e. The average molecular weight is 335 g/mol. The minimum atomic E-state index is -3.56. The SMILES string of the molecule is NCC1NCC1NS(=O)(=O)N1C[C@H](CCCB(O)O)[C@@H](N)C1. The fourth-order valence-corrected chi connectivity index (χ4v) is 4.49. The van der Waals surface area contributed by atoms with Gasteiger partial charge in [-0.1, -0.05) is 6.42 Å². The Balaban J connectivity index is 1.84. The number of hydrogen-bond acceptors (Lipinski definition) is 7. The number of rotatable bonds is 8. The summed E-state index contributed by atoms with van der Waals surface area (Å²) in [7, 11) is -4.88. The van der Waals surface area contributed by atoms with Crippen LogP contribution in [0, 0.1) is 5.92 Å². The maximum absolute atomic E-state index is 12.4. The summed E-state index contributed by atoms with van der Waals surface area (Å²) in [6.45, 7) is 1.62. The summed E-state index contributed by atoms with van der Waals surface area (Å²) in [6, 6.07) is -0.417. The fraction of sp³-hybridized carbons (Fsp3) is 1.00. The van der Waals surface area contributed by atoms with Gasteiger partial charge in [0.1, 0.15) is 0 Å². The highest BCUT2D eigenvalue weighted by Crippen LogP contribution is 2.23. The molecule has 0 amide bonds. The Morgan fingerprint density at radius 1 is 1.36 bits per heavy atom. The number of hydrogen-bond donors (Lipinski definition) is 6. The van der Waals surface area contributed by atoms with Crippen LogP contribution in [-0.2, 0) is 10.2 Å². The third kappa shape index (κ3) is 4.39. The molecule has 2 fully saturated rings. The first-order valence-corrected chi connectivity index (χ1v) is 9.10. The molecule has 2 heterocycles. The minimum absolute atomic E-state index is 0.0205. The van der Waals surface area contributed by atoms with Gasteiger partial charge in [0.15, 0.2) is 0 Å². The van der Waals surface area contributed by atoms with Crippen molar-refractivity contribution in [1.29, 1.82) is 0 Å². The van der Waals surface area contributed by atoms with Gasteiger partial charge in [-0.05, 0) is 18.7 Å². The molecule has 8 N–H and O–H groups in total. The standard InChI is InChI=1S/C11H26BN5O4S/c13-4-10-11(5-15-10)16-22(20,21)17-6-8(9(14)7-17)2-1-3-12(18)19/h8-11,15-16,18-19H,1-7,13-14H2/t8-,9-,10?,11?/m0/s1. The van der Waals surface area contributed by atoms with E-state index in [0.29, 0.717) is 32.5 Å². The minimum Gasteiger partial charge on any atom is -0.427 e. The zero-order valence-electron chi connectivity index (χ0n) is 12.6. The van der Waals surface area contributed by atoms with Crippen molar-refractivity contribution in [3.8, 4) is 0 Å². The van der Waals surface area contributed by atoms with Gasteiger partial charge < -0.3 is 26.8 Å². The lowest BCUT2D eigenvalue weighted by atomic mass is 9.82. The van der Waals surface area contributed by atoms with Crippen LogP contribution < -0.4 is 21.5 Å². The van der Waals surface area contributed by atoms with Crippen LogP contribution in [0.3, 0.4) is 0 Å². The van der Waals surface area contributed by atoms with Gasteiger partial charge in [-0.15, -0.1) is 0 Å². The molecular weight excluding hydrogens is 309 g/mol. The van der Waals surface area contributed by atoms with E-state index in [0.717, 1.165) is 0 Å². The molecule has 0 aliphatic carbocycles. The predicted octanol–water partition coefficient (Wildman–Crippen LogP) is -3.37. The first-order chi connectivity index (χ1) is 10.3. The molecule has 0 bridgehead atoms. The Bertz CT molecular complexity index is 463. The molecule has 0 aromatic rings. The highest BCUT2D eigenvalue weighted by Gasteiger charge is 2.40. The van der Waals surface area contributed by atoms with Crippen LogP contribution in [0.25, 0.3) is 0 Å². The Labute approximate surface area is 131 Å². The van der Waals surface area contributed by atoms with Gasteiger partial charge in [0.05, 0.1) is 6.04 Å². The summed E-state index contributed by atoms with van der Waals surface area (Å²) in [4.78, 5) is 0. The van der Waals surface area contributed by atoms with Gasteiger partial charge in [-0.3, -0.25) is 0 Å². The molecule has 128 valence electrons. The summed E-state index contributed by atoms with van der Waals surface area (Å²) >= 11 is 0. The summed E-state index contributed by atoms with van der Waals surface area (Å²) < 4.78 is 28.8. The molecule has 0 spiro atoms. The van der Waals surface area contributed by atoms with Crippen molar-refractivity contribution in [3.05, 3.63) is 0 Å². The van der Waals surface area contributed by atoms with Gasteiger partial charge in [-0.2, -0.15) is 17.4 Å². The van der Waals surface area contributed by atoms with Gasteiger partial charge in [0.25, 0.3) is 10.2 Å². The molecule has 4 atom stereocenters. The van der Waals surface area contributed by atoms with Crippen molar-refractivity contribution in [3.63, 3.8) is 0 Å². The molecule has 2 rings (SSSR count). The van der Waals surface area contributed by atoms with E-state index in [9.17, 15) is 8.42 Å². The number of nitrogens with zero attached hydrogens (tertiary/aromatic N) is 1. The number of nitrogens with one attached hydrogen (secondary N) is 2. The van der Waals surface area contributed by atoms with Gasteiger partial charge >= 0.3 is 7.12 Å². The van der Waals surface area contributed by atoms with Gasteiger partial charge in [-0.25, -0.2) is 0 Å². The molecule has 2 aliphatic heterocycles. The van der Waals surface area contributed by atoms with E-state index in [1.54, 1.807) is 0 Å². The molecule has 2 saturated heterocycles. The smallest absolute Gasteiger partial charge is 0.427 e. The third-order valence-corrected chi connectivity index (χ3v) is 6.05. The highest BCUT2D eigenvalue weighted by atomic mass is 32.2. The van der Waals surface area contributed by atoms with Crippen molar-refractivity contribution in [2.75, 3.05) is 26.2 Å². The van der Waals surface area contributed by atoms with E-state index < -0.39 is 17.3 Å². The van der Waals surface area contributed by atoms with Crippen molar-refractivity contribution in [2.24, 2.45) is 17.4 Å². The molecule has 2 unspecified atom stereocenters. The lowest BCUT2D eigenvalue weighted by Crippen LogP contribution is -2.68. The Morgan fingerprint density at radius 2 is 2.09 bits per heavy atom. The van der Waals surface area contributed by atoms with Gasteiger partial charge in [0.2, 0.25) is 0 Å². The van der Waals surface area contributed by atoms with Crippen molar-refractivity contribution in [2.45, 2.75) is 37.3 Å². The fourth-order valence-electron chi connectivity index (χ4n) is 2.96. The van der Waals surface area contributed by atoms with E-state index in [1.807, 2.05) is 0 Å². The zero-order valence-corrected chi connectivity index (χ0v) is 13.4. The first-order valence-electron chi connectivity index (χ1n) is 7.66. The molecule has 11 heteroatoms. The second-order valence-electron chi connectivity index (χ2n) is 6.13. The molecule has 0 aromatic heterocycles. The Kier molecular flexibility index (Phi) is 6.19. The topological polar surface area (TPSA) is 154 Å². The summed E-state index contributed by atoms with van der Waals surface area (Å²) in [5.74, 6) is 0.0418. The monoisotopic (exact) mass is 335 g/mol. The van der Waals surface area contributed by atoms with Gasteiger partial charge in [0, 0.05) is 38.3 Å². The van der Waals surface area contributed by atoms with E-state index in [-0.39, 0.29) is 36.9 Å². The zero-order chi connectivity index (χ0) is 16.3. The van der Waals surface area contributed by atoms with Crippen LogP contribution in [0.5, 0.6) is 0 Å². The van der Waals surface area contributed by atoms with E-state index in [2.05, 4.69) is 10.0 Å². The molecular formula is C11H26BN5O4S. The predicted molar refractivity (Wildman–Crippen MR) is 84.0 cm³/mol. The van der Waals surface area contributed by atoms with Crippen LogP contribution in [0.15, 0.2) is 0 Å². The van der Waals surface area contributed by atoms with Crippen LogP contribution in [-0.4, -0.2) is 74.2 Å². The van der Waals surface area contributed by atoms with Crippen molar-refractivity contribution in [1.82, 2.24) is 14.3 Å². The molecule has 0 radical (unpaired) electrons. The Morgan fingerprint density at radius 3 is 2.64 bits per heavy atom. The summed E-state index contributed by atoms with van der Waals surface area (Å²) in [5.41, 5.74) is 11.6. The first kappa shape index (κ1) is 18.1. The van der Waals surface area contributed by atoms with Crippen LogP contribution in [0.2, 0.25) is 6.32 Å². The van der Waals surface area contributed by atoms with E-state index >= 15 is 0 Å². The van der Waals surface area contributed by atoms with Crippen LogP contribution in [0.4, 0.5) is 0 Å². The maximum atomic E-state index is 12.4. The molecule has 22 heavy (non-hydrogen) atoms. The second kappa shape index (κ2) is 7.54. The number of nitrogens with two attached hydrogens (primary N) is 2. The van der Waals surface area contributed by atoms with Crippen molar-refractivity contribution >= 4 is 17.3 Å². The average Bonchev–Trinajstić information content (AvgIpc) is 2.78. The van der Waals surface area contributed by atoms with Crippen LogP contribution >= 0.6 is 0 Å². The lowest BCUT2D eigenvalue weighted by Gasteiger charge is -2.38. The normalized spacial score (nSPS) is 32.9. The molecule has 2 aliphatic rings. The van der Waals surface area contributed by atoms with E-state index in [4.69, 9.17) is 21.5 Å². The largest absolute Gasteiger partial charge is 0.451 e. The lowest BCUT2D eigenvalue weighted by molar-refractivity contribution is 0.290. The third-order valence-electron chi connectivity index (χ3n) is 4.48. The second-order valence-corrected chi connectivity index (χ2v) is 7.83. The molecule has 0 aromatic carbocycles. The summed E-state index contributed by atoms with van der Waals surface area (Å²) in [5, 5.41) is 20.8. The van der Waals surface area contributed by atoms with Crippen LogP contribution in [0.1, 0.15) is 12.8 Å². The quantitative estimate of drug-likeness (QED) is 0.253. The van der Waals surface area contributed by atoms with E-state index in [1.165, 1.54) is 4.31 Å². The molecule has 9 nitrogen and oxygen atoms in total. The Hall–Kier alpha value is -0.265. The summed E-state index contributed by atoms with van der Waals surface area (Å²) in [6.07, 6.45) is 1.57. The highest BCUT2D eigenvalue weighted by molar-refractivity contribution is 7.87.